The van der Waals surface area contributed by atoms with Gasteiger partial charge in [-0.3, -0.25) is 4.79 Å². The van der Waals surface area contributed by atoms with Gasteiger partial charge in [-0.15, -0.1) is 0 Å². The Kier molecular flexibility index (Phi) is 4.98. The van der Waals surface area contributed by atoms with Crippen molar-refractivity contribution in [1.29, 1.82) is 0 Å². The molecule has 0 aromatic heterocycles. The first kappa shape index (κ1) is 10.9. The van der Waals surface area contributed by atoms with E-state index in [9.17, 15) is 9.59 Å². The van der Waals surface area contributed by atoms with Crippen LogP contribution in [0.15, 0.2) is 0 Å². The van der Waals surface area contributed by atoms with Crippen LogP contribution in [0.3, 0.4) is 0 Å². The Morgan fingerprint density at radius 1 is 1.33 bits per heavy atom. The molecule has 6 heteroatoms. The molecule has 0 aliphatic carbocycles. The van der Waals surface area contributed by atoms with Crippen LogP contribution in [0.4, 0.5) is 0 Å². The van der Waals surface area contributed by atoms with Gasteiger partial charge in [0.1, 0.15) is 0 Å². The molecule has 0 saturated heterocycles. The number of hydrogen-bond acceptors (Lipinski definition) is 4. The Bertz CT molecular complexity index is 165. The van der Waals surface area contributed by atoms with E-state index in [1.54, 1.807) is 0 Å². The Morgan fingerprint density at radius 2 is 1.92 bits per heavy atom. The number of carboxylic acids is 2. The highest BCUT2D eigenvalue weighted by Crippen LogP contribution is 1.98. The molecule has 0 heterocycles. The third-order valence-corrected chi connectivity index (χ3v) is 1.05. The molecule has 70 valence electrons. The highest BCUT2D eigenvalue weighted by Gasteiger charge is 2.20. The summed E-state index contributed by atoms with van der Waals surface area (Å²) in [6.07, 6.45) is -1.98. The first-order valence-electron chi connectivity index (χ1n) is 3.25. The van der Waals surface area contributed by atoms with E-state index in [1.807, 2.05) is 0 Å². The summed E-state index contributed by atoms with van der Waals surface area (Å²) in [6, 6.07) is 0. The largest absolute Gasteiger partial charge is 0.481 e. The third kappa shape index (κ3) is 4.64. The highest BCUT2D eigenvalue weighted by molar-refractivity contribution is 5.79. The van der Waals surface area contributed by atoms with Crippen LogP contribution < -0.4 is 0 Å². The fourth-order valence-corrected chi connectivity index (χ4v) is 0.571. The molecular weight excluding hydrogens is 168 g/mol. The van der Waals surface area contributed by atoms with Crippen LogP contribution in [0.25, 0.3) is 0 Å². The van der Waals surface area contributed by atoms with Crippen molar-refractivity contribution in [3.05, 3.63) is 0 Å². The minimum Gasteiger partial charge on any atom is -0.481 e. The smallest absolute Gasteiger partial charge is 0.333 e. The van der Waals surface area contributed by atoms with Gasteiger partial charge < -0.3 is 20.1 Å². The Morgan fingerprint density at radius 3 is 2.25 bits per heavy atom. The van der Waals surface area contributed by atoms with E-state index >= 15 is 0 Å². The molecule has 0 amide bonds. The molecular formula is C6H10O6. The van der Waals surface area contributed by atoms with Crippen LogP contribution in [0.2, 0.25) is 0 Å². The summed E-state index contributed by atoms with van der Waals surface area (Å²) in [5, 5.41) is 24.9. The van der Waals surface area contributed by atoms with Gasteiger partial charge in [0.25, 0.3) is 0 Å². The van der Waals surface area contributed by atoms with E-state index < -0.39 is 24.5 Å². The molecule has 0 aromatic rings. The van der Waals surface area contributed by atoms with Crippen LogP contribution in [0, 0.1) is 0 Å². The van der Waals surface area contributed by atoms with Gasteiger partial charge in [-0.1, -0.05) is 0 Å². The molecule has 0 radical (unpaired) electrons. The number of aliphatic hydroxyl groups excluding tert-OH is 1. The summed E-state index contributed by atoms with van der Waals surface area (Å²) in [5.41, 5.74) is 0. The van der Waals surface area contributed by atoms with Gasteiger partial charge in [0.15, 0.2) is 6.10 Å². The number of hydrogen-bond donors (Lipinski definition) is 3. The normalized spacial score (nSPS) is 12.4. The van der Waals surface area contributed by atoms with Crippen LogP contribution in [0.1, 0.15) is 6.42 Å². The zero-order valence-corrected chi connectivity index (χ0v) is 6.27. The second-order valence-corrected chi connectivity index (χ2v) is 2.02. The van der Waals surface area contributed by atoms with E-state index in [2.05, 4.69) is 4.74 Å². The number of carbonyl (C=O) groups is 2. The molecule has 0 aliphatic heterocycles. The Hall–Kier alpha value is -1.14. The number of aliphatic hydroxyl groups is 1. The molecule has 0 saturated carbocycles. The third-order valence-electron chi connectivity index (χ3n) is 1.05. The summed E-state index contributed by atoms with van der Waals surface area (Å²) in [5.74, 6) is -2.59. The zero-order valence-electron chi connectivity index (χ0n) is 6.27. The SMILES string of the molecule is O=C(O)C[C@@H](OCCO)C(=O)O. The van der Waals surface area contributed by atoms with Crippen molar-refractivity contribution in [3.63, 3.8) is 0 Å². The van der Waals surface area contributed by atoms with Gasteiger partial charge in [0.2, 0.25) is 0 Å². The minimum atomic E-state index is -1.38. The second kappa shape index (κ2) is 5.50. The monoisotopic (exact) mass is 178 g/mol. The molecule has 0 aliphatic rings. The highest BCUT2D eigenvalue weighted by atomic mass is 16.5. The van der Waals surface area contributed by atoms with Gasteiger partial charge in [0, 0.05) is 0 Å². The van der Waals surface area contributed by atoms with Gasteiger partial charge in [-0.2, -0.15) is 0 Å². The van der Waals surface area contributed by atoms with Crippen LogP contribution in [-0.4, -0.2) is 46.6 Å². The first-order valence-corrected chi connectivity index (χ1v) is 3.25. The molecule has 3 N–H and O–H groups in total. The summed E-state index contributed by atoms with van der Waals surface area (Å²) in [6.45, 7) is -0.506. The second-order valence-electron chi connectivity index (χ2n) is 2.02. The summed E-state index contributed by atoms with van der Waals surface area (Å²) in [7, 11) is 0. The number of carboxylic acid groups (broad SMARTS) is 2. The average Bonchev–Trinajstić information content (AvgIpc) is 1.96. The lowest BCUT2D eigenvalue weighted by Gasteiger charge is -2.09. The predicted molar refractivity (Wildman–Crippen MR) is 36.7 cm³/mol. The van der Waals surface area contributed by atoms with Crippen LogP contribution in [0.5, 0.6) is 0 Å². The van der Waals surface area contributed by atoms with Crippen molar-refractivity contribution in [2.45, 2.75) is 12.5 Å². The maximum Gasteiger partial charge on any atom is 0.333 e. The topological polar surface area (TPSA) is 104 Å². The molecule has 12 heavy (non-hydrogen) atoms. The minimum absolute atomic E-state index is 0.176. The zero-order chi connectivity index (χ0) is 9.56. The van der Waals surface area contributed by atoms with Gasteiger partial charge in [-0.25, -0.2) is 4.79 Å². The van der Waals surface area contributed by atoms with Crippen molar-refractivity contribution in [2.75, 3.05) is 13.2 Å². The van der Waals surface area contributed by atoms with Crippen molar-refractivity contribution >= 4 is 11.9 Å². The van der Waals surface area contributed by atoms with Gasteiger partial charge in [0.05, 0.1) is 19.6 Å². The van der Waals surface area contributed by atoms with E-state index in [0.29, 0.717) is 0 Å². The molecule has 0 spiro atoms. The van der Waals surface area contributed by atoms with Crippen molar-refractivity contribution in [3.8, 4) is 0 Å². The van der Waals surface area contributed by atoms with E-state index in [-0.39, 0.29) is 13.2 Å². The number of rotatable bonds is 6. The summed E-state index contributed by atoms with van der Waals surface area (Å²) < 4.78 is 4.53. The lowest BCUT2D eigenvalue weighted by molar-refractivity contribution is -0.157. The fraction of sp³-hybridized carbons (Fsp3) is 0.667. The van der Waals surface area contributed by atoms with Crippen LogP contribution >= 0.6 is 0 Å². The molecule has 0 fully saturated rings. The van der Waals surface area contributed by atoms with Crippen molar-refractivity contribution in [1.82, 2.24) is 0 Å². The van der Waals surface area contributed by atoms with E-state index in [0.717, 1.165) is 0 Å². The summed E-state index contributed by atoms with van der Waals surface area (Å²) in [4.78, 5) is 20.3. The lowest BCUT2D eigenvalue weighted by atomic mass is 10.2. The quantitative estimate of drug-likeness (QED) is 0.478. The summed E-state index contributed by atoms with van der Waals surface area (Å²) >= 11 is 0. The van der Waals surface area contributed by atoms with E-state index in [4.69, 9.17) is 15.3 Å². The first-order chi connectivity index (χ1) is 5.57. The number of aliphatic carboxylic acids is 2. The Balaban J connectivity index is 3.87. The standard InChI is InChI=1S/C6H10O6/c7-1-2-12-4(6(10)11)3-5(8)9/h4,7H,1-3H2,(H,8,9)(H,10,11)/t4-/m1/s1. The molecule has 6 nitrogen and oxygen atoms in total. The fourth-order valence-electron chi connectivity index (χ4n) is 0.571. The lowest BCUT2D eigenvalue weighted by Crippen LogP contribution is -2.27. The predicted octanol–water partition coefficient (Wildman–Crippen LogP) is -1.08. The average molecular weight is 178 g/mol. The Labute approximate surface area is 68.4 Å². The maximum absolute atomic E-state index is 10.3. The van der Waals surface area contributed by atoms with Crippen molar-refractivity contribution in [2.24, 2.45) is 0 Å². The van der Waals surface area contributed by atoms with Crippen LogP contribution in [-0.2, 0) is 14.3 Å². The molecule has 0 bridgehead atoms. The molecule has 1 atom stereocenters. The molecule has 0 rings (SSSR count). The number of ether oxygens (including phenoxy) is 1. The van der Waals surface area contributed by atoms with Gasteiger partial charge in [-0.05, 0) is 0 Å². The molecule has 0 unspecified atom stereocenters. The molecule has 0 aromatic carbocycles. The maximum atomic E-state index is 10.3. The van der Waals surface area contributed by atoms with Gasteiger partial charge >= 0.3 is 11.9 Å². The van der Waals surface area contributed by atoms with E-state index in [1.165, 1.54) is 0 Å². The van der Waals surface area contributed by atoms with Crippen molar-refractivity contribution < 1.29 is 29.6 Å².